The number of halogens is 1. The quantitative estimate of drug-likeness (QED) is 0.809. The summed E-state index contributed by atoms with van der Waals surface area (Å²) in [7, 11) is 0. The lowest BCUT2D eigenvalue weighted by Crippen LogP contribution is -2.44. The molecule has 20 heavy (non-hydrogen) atoms. The zero-order valence-electron chi connectivity index (χ0n) is 10.8. The number of nitrogens with zero attached hydrogens (tertiary/aromatic N) is 2. The van der Waals surface area contributed by atoms with Gasteiger partial charge in [-0.05, 0) is 28.9 Å². The molecule has 1 amide bonds. The predicted octanol–water partition coefficient (Wildman–Crippen LogP) is 3.50. The Labute approximate surface area is 133 Å². The molecule has 1 saturated heterocycles. The number of rotatable bonds is 2. The van der Waals surface area contributed by atoms with E-state index in [1.54, 1.807) is 11.3 Å². The smallest absolute Gasteiger partial charge is 0.273 e. The molecule has 1 unspecified atom stereocenters. The molecule has 2 aromatic heterocycles. The van der Waals surface area contributed by atoms with E-state index < -0.39 is 0 Å². The molecule has 2 aromatic rings. The van der Waals surface area contributed by atoms with Gasteiger partial charge < -0.3 is 9.64 Å². The third-order valence-corrected chi connectivity index (χ3v) is 5.73. The molecule has 0 bridgehead atoms. The van der Waals surface area contributed by atoms with Gasteiger partial charge in [0.25, 0.3) is 5.91 Å². The van der Waals surface area contributed by atoms with E-state index in [0.29, 0.717) is 25.4 Å². The minimum absolute atomic E-state index is 0.00160. The van der Waals surface area contributed by atoms with Gasteiger partial charge in [0.2, 0.25) is 0 Å². The lowest BCUT2D eigenvalue weighted by molar-refractivity contribution is -0.0126. The highest BCUT2D eigenvalue weighted by Gasteiger charge is 2.24. The second-order valence-electron chi connectivity index (χ2n) is 4.60. The normalized spacial score (nSPS) is 19.3. The number of aromatic nitrogens is 1. The van der Waals surface area contributed by atoms with Crippen LogP contribution in [-0.4, -0.2) is 41.6 Å². The molecule has 0 radical (unpaired) electrons. The number of morpholine rings is 1. The molecule has 0 N–H and O–H groups in total. The van der Waals surface area contributed by atoms with E-state index in [1.165, 1.54) is 11.3 Å². The van der Waals surface area contributed by atoms with Crippen molar-refractivity contribution in [3.8, 4) is 9.88 Å². The minimum atomic E-state index is -0.00160. The van der Waals surface area contributed by atoms with Gasteiger partial charge in [0, 0.05) is 28.3 Å². The maximum atomic E-state index is 12.4. The van der Waals surface area contributed by atoms with Crippen LogP contribution in [0.3, 0.4) is 0 Å². The third-order valence-electron chi connectivity index (χ3n) is 3.03. The zero-order chi connectivity index (χ0) is 14.1. The molecule has 3 rings (SSSR count). The number of thiazole rings is 1. The van der Waals surface area contributed by atoms with Crippen LogP contribution in [0.4, 0.5) is 0 Å². The number of thiophene rings is 1. The fourth-order valence-corrected chi connectivity index (χ4v) is 4.38. The van der Waals surface area contributed by atoms with Crippen molar-refractivity contribution in [2.45, 2.75) is 13.0 Å². The molecule has 1 fully saturated rings. The van der Waals surface area contributed by atoms with E-state index in [4.69, 9.17) is 4.74 Å². The number of amides is 1. The first-order valence-electron chi connectivity index (χ1n) is 6.24. The monoisotopic (exact) mass is 372 g/mol. The SMILES string of the molecule is CC1CN(C(=O)c2csc(-c3cc(Br)cs3)n2)CCO1. The first-order chi connectivity index (χ1) is 9.63. The molecular formula is C13H13BrN2O2S2. The van der Waals surface area contributed by atoms with Crippen LogP contribution in [0.25, 0.3) is 9.88 Å². The second kappa shape index (κ2) is 5.93. The van der Waals surface area contributed by atoms with Crippen molar-refractivity contribution in [2.75, 3.05) is 19.7 Å². The molecule has 3 heterocycles. The predicted molar refractivity (Wildman–Crippen MR) is 84.4 cm³/mol. The molecule has 0 aromatic carbocycles. The van der Waals surface area contributed by atoms with Gasteiger partial charge in [-0.2, -0.15) is 0 Å². The number of hydrogen-bond acceptors (Lipinski definition) is 5. The van der Waals surface area contributed by atoms with Gasteiger partial charge in [-0.15, -0.1) is 22.7 Å². The average Bonchev–Trinajstić information content (AvgIpc) is 3.06. The van der Waals surface area contributed by atoms with Crippen LogP contribution in [0.1, 0.15) is 17.4 Å². The molecule has 0 saturated carbocycles. The van der Waals surface area contributed by atoms with Crippen molar-refractivity contribution in [2.24, 2.45) is 0 Å². The van der Waals surface area contributed by atoms with Crippen LogP contribution in [-0.2, 0) is 4.74 Å². The van der Waals surface area contributed by atoms with Crippen molar-refractivity contribution >= 4 is 44.5 Å². The highest BCUT2D eigenvalue weighted by molar-refractivity contribution is 9.10. The molecule has 106 valence electrons. The van der Waals surface area contributed by atoms with Crippen LogP contribution >= 0.6 is 38.6 Å². The fourth-order valence-electron chi connectivity index (χ4n) is 2.08. The molecule has 1 aliphatic rings. The van der Waals surface area contributed by atoms with Crippen molar-refractivity contribution in [1.82, 2.24) is 9.88 Å². The topological polar surface area (TPSA) is 42.4 Å². The Kier molecular flexibility index (Phi) is 4.21. The van der Waals surface area contributed by atoms with Crippen molar-refractivity contribution < 1.29 is 9.53 Å². The van der Waals surface area contributed by atoms with Gasteiger partial charge in [0.05, 0.1) is 17.6 Å². The van der Waals surface area contributed by atoms with Gasteiger partial charge >= 0.3 is 0 Å². The third kappa shape index (κ3) is 2.95. The average molecular weight is 373 g/mol. The standard InChI is InChI=1S/C13H13BrN2O2S2/c1-8-5-16(2-3-18-8)13(17)10-7-20-12(15-10)11-4-9(14)6-19-11/h4,6-8H,2-3,5H2,1H3. The summed E-state index contributed by atoms with van der Waals surface area (Å²) in [5, 5.41) is 4.75. The maximum absolute atomic E-state index is 12.4. The van der Waals surface area contributed by atoms with E-state index in [2.05, 4.69) is 20.9 Å². The van der Waals surface area contributed by atoms with Gasteiger partial charge in [-0.3, -0.25) is 4.79 Å². The van der Waals surface area contributed by atoms with Crippen molar-refractivity contribution in [3.63, 3.8) is 0 Å². The summed E-state index contributed by atoms with van der Waals surface area (Å²) in [5.74, 6) is -0.00160. The second-order valence-corrected chi connectivity index (χ2v) is 7.28. The van der Waals surface area contributed by atoms with E-state index in [0.717, 1.165) is 14.4 Å². The lowest BCUT2D eigenvalue weighted by atomic mass is 10.3. The van der Waals surface area contributed by atoms with Crippen molar-refractivity contribution in [1.29, 1.82) is 0 Å². The Balaban J connectivity index is 1.77. The van der Waals surface area contributed by atoms with E-state index in [9.17, 15) is 4.79 Å². The molecule has 0 aliphatic carbocycles. The zero-order valence-corrected chi connectivity index (χ0v) is 14.1. The fraction of sp³-hybridized carbons (Fsp3) is 0.385. The van der Waals surface area contributed by atoms with Gasteiger partial charge in [0.1, 0.15) is 10.7 Å². The first-order valence-corrected chi connectivity index (χ1v) is 8.79. The Hall–Kier alpha value is -0.760. The Morgan fingerprint density at radius 2 is 2.35 bits per heavy atom. The van der Waals surface area contributed by atoms with Crippen molar-refractivity contribution in [3.05, 3.63) is 27.0 Å². The molecule has 7 heteroatoms. The number of carbonyl (C=O) groups excluding carboxylic acids is 1. The molecule has 4 nitrogen and oxygen atoms in total. The summed E-state index contributed by atoms with van der Waals surface area (Å²) in [4.78, 5) is 19.8. The summed E-state index contributed by atoms with van der Waals surface area (Å²) in [6, 6.07) is 2.02. The number of carbonyl (C=O) groups is 1. The highest BCUT2D eigenvalue weighted by atomic mass is 79.9. The van der Waals surface area contributed by atoms with Crippen LogP contribution < -0.4 is 0 Å². The maximum Gasteiger partial charge on any atom is 0.273 e. The van der Waals surface area contributed by atoms with Gasteiger partial charge in [-0.1, -0.05) is 0 Å². The first kappa shape index (κ1) is 14.2. The summed E-state index contributed by atoms with van der Waals surface area (Å²) in [6.07, 6.45) is 0.0963. The van der Waals surface area contributed by atoms with Crippen LogP contribution in [0, 0.1) is 0 Å². The van der Waals surface area contributed by atoms with Crippen LogP contribution in [0.5, 0.6) is 0 Å². The van der Waals surface area contributed by atoms with Crippen LogP contribution in [0.2, 0.25) is 0 Å². The van der Waals surface area contributed by atoms with E-state index in [-0.39, 0.29) is 12.0 Å². The minimum Gasteiger partial charge on any atom is -0.375 e. The molecule has 1 atom stereocenters. The Morgan fingerprint density at radius 3 is 3.05 bits per heavy atom. The summed E-state index contributed by atoms with van der Waals surface area (Å²) in [6.45, 7) is 3.85. The number of hydrogen-bond donors (Lipinski definition) is 0. The largest absolute Gasteiger partial charge is 0.375 e. The molecular weight excluding hydrogens is 360 g/mol. The Bertz CT molecular complexity index is 625. The molecule has 1 aliphatic heterocycles. The molecule has 0 spiro atoms. The summed E-state index contributed by atoms with van der Waals surface area (Å²) >= 11 is 6.56. The van der Waals surface area contributed by atoms with Gasteiger partial charge in [0.15, 0.2) is 0 Å². The number of ether oxygens (including phenoxy) is 1. The van der Waals surface area contributed by atoms with E-state index >= 15 is 0 Å². The van der Waals surface area contributed by atoms with E-state index in [1.807, 2.05) is 28.7 Å². The summed E-state index contributed by atoms with van der Waals surface area (Å²) < 4.78 is 6.50. The highest BCUT2D eigenvalue weighted by Crippen LogP contribution is 2.32. The van der Waals surface area contributed by atoms with Gasteiger partial charge in [-0.25, -0.2) is 4.98 Å². The summed E-state index contributed by atoms with van der Waals surface area (Å²) in [5.41, 5.74) is 0.531. The Morgan fingerprint density at radius 1 is 1.50 bits per heavy atom. The van der Waals surface area contributed by atoms with Crippen LogP contribution in [0.15, 0.2) is 21.3 Å². The lowest BCUT2D eigenvalue weighted by Gasteiger charge is -2.30.